The molecule has 1 heterocycles. The summed E-state index contributed by atoms with van der Waals surface area (Å²) in [7, 11) is 1.86. The lowest BCUT2D eigenvalue weighted by Gasteiger charge is -2.19. The standard InChI is InChI=1S/C9H15NO2/c1-7(6-11)9(10-2)8-4-3-5-12-8/h3-5,7,9-11H,6H2,1-2H3. The van der Waals surface area contributed by atoms with Crippen LogP contribution in [0.3, 0.4) is 0 Å². The van der Waals surface area contributed by atoms with Crippen LogP contribution < -0.4 is 5.32 Å². The number of aliphatic hydroxyl groups excluding tert-OH is 1. The second kappa shape index (κ2) is 4.28. The summed E-state index contributed by atoms with van der Waals surface area (Å²) in [5.74, 6) is 1.04. The van der Waals surface area contributed by atoms with E-state index in [1.807, 2.05) is 26.1 Å². The zero-order valence-corrected chi connectivity index (χ0v) is 7.45. The summed E-state index contributed by atoms with van der Waals surface area (Å²) < 4.78 is 5.24. The van der Waals surface area contributed by atoms with Crippen LogP contribution in [0.4, 0.5) is 0 Å². The van der Waals surface area contributed by atoms with Gasteiger partial charge in [0.15, 0.2) is 0 Å². The van der Waals surface area contributed by atoms with Crippen molar-refractivity contribution in [2.75, 3.05) is 13.7 Å². The highest BCUT2D eigenvalue weighted by molar-refractivity contribution is 5.05. The van der Waals surface area contributed by atoms with Crippen molar-refractivity contribution >= 4 is 0 Å². The van der Waals surface area contributed by atoms with E-state index < -0.39 is 0 Å². The minimum atomic E-state index is 0.102. The van der Waals surface area contributed by atoms with E-state index in [4.69, 9.17) is 9.52 Å². The first kappa shape index (κ1) is 9.29. The van der Waals surface area contributed by atoms with Gasteiger partial charge in [-0.25, -0.2) is 0 Å². The third kappa shape index (κ3) is 1.87. The maximum atomic E-state index is 8.95. The molecule has 0 aliphatic rings. The molecule has 1 aromatic rings. The van der Waals surface area contributed by atoms with Gasteiger partial charge < -0.3 is 14.8 Å². The Morgan fingerprint density at radius 1 is 1.67 bits per heavy atom. The van der Waals surface area contributed by atoms with Crippen LogP contribution >= 0.6 is 0 Å². The fourth-order valence-electron chi connectivity index (χ4n) is 1.28. The Hall–Kier alpha value is -0.800. The number of aliphatic hydroxyl groups is 1. The lowest BCUT2D eigenvalue weighted by molar-refractivity contribution is 0.194. The molecule has 0 radical (unpaired) electrons. The molecule has 0 saturated carbocycles. The first-order valence-electron chi connectivity index (χ1n) is 4.11. The average molecular weight is 169 g/mol. The Labute approximate surface area is 72.4 Å². The second-order valence-corrected chi connectivity index (χ2v) is 2.94. The molecule has 0 aromatic carbocycles. The zero-order valence-electron chi connectivity index (χ0n) is 7.45. The topological polar surface area (TPSA) is 45.4 Å². The van der Waals surface area contributed by atoms with Crippen molar-refractivity contribution in [3.05, 3.63) is 24.2 Å². The zero-order chi connectivity index (χ0) is 8.97. The Kier molecular flexibility index (Phi) is 3.31. The minimum Gasteiger partial charge on any atom is -0.468 e. The molecular weight excluding hydrogens is 154 g/mol. The molecule has 0 saturated heterocycles. The van der Waals surface area contributed by atoms with Crippen LogP contribution in [0.15, 0.2) is 22.8 Å². The van der Waals surface area contributed by atoms with Gasteiger partial charge in [-0.1, -0.05) is 6.92 Å². The van der Waals surface area contributed by atoms with Crippen LogP contribution in [0.25, 0.3) is 0 Å². The van der Waals surface area contributed by atoms with E-state index in [1.165, 1.54) is 0 Å². The molecular formula is C9H15NO2. The second-order valence-electron chi connectivity index (χ2n) is 2.94. The van der Waals surface area contributed by atoms with Crippen molar-refractivity contribution < 1.29 is 9.52 Å². The maximum absolute atomic E-state index is 8.95. The van der Waals surface area contributed by atoms with Crippen LogP contribution in [0.5, 0.6) is 0 Å². The monoisotopic (exact) mass is 169 g/mol. The molecule has 3 nitrogen and oxygen atoms in total. The van der Waals surface area contributed by atoms with Gasteiger partial charge in [-0.05, 0) is 19.2 Å². The van der Waals surface area contributed by atoms with Crippen molar-refractivity contribution in [2.45, 2.75) is 13.0 Å². The normalized spacial score (nSPS) is 15.9. The van der Waals surface area contributed by atoms with Crippen LogP contribution in [0, 0.1) is 5.92 Å². The third-order valence-electron chi connectivity index (χ3n) is 2.02. The average Bonchev–Trinajstić information content (AvgIpc) is 2.58. The summed E-state index contributed by atoms with van der Waals surface area (Å²) in [5.41, 5.74) is 0. The number of hydrogen-bond donors (Lipinski definition) is 2. The van der Waals surface area contributed by atoms with E-state index in [9.17, 15) is 0 Å². The molecule has 0 fully saturated rings. The van der Waals surface area contributed by atoms with E-state index in [2.05, 4.69) is 5.32 Å². The predicted octanol–water partition coefficient (Wildman–Crippen LogP) is 1.17. The van der Waals surface area contributed by atoms with Gasteiger partial charge in [0.2, 0.25) is 0 Å². The Bertz CT molecular complexity index is 208. The molecule has 68 valence electrons. The third-order valence-corrected chi connectivity index (χ3v) is 2.02. The van der Waals surface area contributed by atoms with Gasteiger partial charge in [0.05, 0.1) is 12.3 Å². The van der Waals surface area contributed by atoms with E-state index in [0.29, 0.717) is 0 Å². The van der Waals surface area contributed by atoms with Gasteiger partial charge in [0, 0.05) is 12.5 Å². The van der Waals surface area contributed by atoms with Gasteiger partial charge in [0.1, 0.15) is 5.76 Å². The molecule has 1 aromatic heterocycles. The quantitative estimate of drug-likeness (QED) is 0.711. The highest BCUT2D eigenvalue weighted by Crippen LogP contribution is 2.20. The first-order valence-corrected chi connectivity index (χ1v) is 4.11. The molecule has 2 atom stereocenters. The smallest absolute Gasteiger partial charge is 0.121 e. The minimum absolute atomic E-state index is 0.102. The molecule has 0 bridgehead atoms. The SMILES string of the molecule is CNC(c1ccco1)C(C)CO. The Balaban J connectivity index is 2.69. The fourth-order valence-corrected chi connectivity index (χ4v) is 1.28. The number of nitrogens with one attached hydrogen (secondary N) is 1. The van der Waals surface area contributed by atoms with Crippen LogP contribution in [-0.2, 0) is 0 Å². The number of furan rings is 1. The summed E-state index contributed by atoms with van der Waals surface area (Å²) >= 11 is 0. The van der Waals surface area contributed by atoms with E-state index in [0.717, 1.165) is 5.76 Å². The van der Waals surface area contributed by atoms with Gasteiger partial charge >= 0.3 is 0 Å². The highest BCUT2D eigenvalue weighted by atomic mass is 16.3. The van der Waals surface area contributed by atoms with Crippen LogP contribution in [0.1, 0.15) is 18.7 Å². The summed E-state index contributed by atoms with van der Waals surface area (Å²) in [6.45, 7) is 2.13. The van der Waals surface area contributed by atoms with E-state index >= 15 is 0 Å². The molecule has 2 N–H and O–H groups in total. The van der Waals surface area contributed by atoms with Crippen LogP contribution in [0.2, 0.25) is 0 Å². The summed E-state index contributed by atoms with van der Waals surface area (Å²) in [5, 5.41) is 12.1. The van der Waals surface area contributed by atoms with Crippen molar-refractivity contribution in [1.82, 2.24) is 5.32 Å². The van der Waals surface area contributed by atoms with Crippen molar-refractivity contribution in [2.24, 2.45) is 5.92 Å². The molecule has 0 aliphatic heterocycles. The summed E-state index contributed by atoms with van der Waals surface area (Å²) in [6, 6.07) is 3.86. The largest absolute Gasteiger partial charge is 0.468 e. The van der Waals surface area contributed by atoms with Crippen LogP contribution in [-0.4, -0.2) is 18.8 Å². The molecule has 1 rings (SSSR count). The van der Waals surface area contributed by atoms with Crippen molar-refractivity contribution in [3.8, 4) is 0 Å². The molecule has 0 amide bonds. The summed E-state index contributed by atoms with van der Waals surface area (Å²) in [4.78, 5) is 0. The van der Waals surface area contributed by atoms with Gasteiger partial charge in [0.25, 0.3) is 0 Å². The van der Waals surface area contributed by atoms with Gasteiger partial charge in [-0.3, -0.25) is 0 Å². The molecule has 12 heavy (non-hydrogen) atoms. The highest BCUT2D eigenvalue weighted by Gasteiger charge is 2.18. The van der Waals surface area contributed by atoms with Gasteiger partial charge in [-0.2, -0.15) is 0 Å². The first-order chi connectivity index (χ1) is 5.79. The Morgan fingerprint density at radius 2 is 2.42 bits per heavy atom. The molecule has 2 unspecified atom stereocenters. The lowest BCUT2D eigenvalue weighted by Crippen LogP contribution is -2.25. The molecule has 3 heteroatoms. The van der Waals surface area contributed by atoms with E-state index in [1.54, 1.807) is 6.26 Å². The van der Waals surface area contributed by atoms with E-state index in [-0.39, 0.29) is 18.6 Å². The van der Waals surface area contributed by atoms with Crippen molar-refractivity contribution in [1.29, 1.82) is 0 Å². The molecule has 0 aliphatic carbocycles. The maximum Gasteiger partial charge on any atom is 0.121 e. The van der Waals surface area contributed by atoms with Crippen molar-refractivity contribution in [3.63, 3.8) is 0 Å². The fraction of sp³-hybridized carbons (Fsp3) is 0.556. The lowest BCUT2D eigenvalue weighted by atomic mass is 10.0. The number of hydrogen-bond acceptors (Lipinski definition) is 3. The van der Waals surface area contributed by atoms with Gasteiger partial charge in [-0.15, -0.1) is 0 Å². The Morgan fingerprint density at radius 3 is 2.83 bits per heavy atom. The summed E-state index contributed by atoms with van der Waals surface area (Å²) in [6.07, 6.45) is 1.64. The number of rotatable bonds is 4. The predicted molar refractivity (Wildman–Crippen MR) is 46.8 cm³/mol. The molecule has 0 spiro atoms.